The van der Waals surface area contributed by atoms with E-state index in [4.69, 9.17) is 5.73 Å². The predicted octanol–water partition coefficient (Wildman–Crippen LogP) is 2.89. The minimum Gasteiger partial charge on any atom is -0.396 e. The fourth-order valence-electron chi connectivity index (χ4n) is 1.72. The summed E-state index contributed by atoms with van der Waals surface area (Å²) in [4.78, 5) is 4.37. The number of nitrogens with two attached hydrogens (primary N) is 1. The Balaban J connectivity index is 2.09. The monoisotopic (exact) mass is 227 g/mol. The van der Waals surface area contributed by atoms with Crippen LogP contribution in [0, 0.1) is 13.8 Å². The first-order chi connectivity index (χ1) is 8.15. The Bertz CT molecular complexity index is 521. The summed E-state index contributed by atoms with van der Waals surface area (Å²) in [6.07, 6.45) is 0. The van der Waals surface area contributed by atoms with E-state index in [0.717, 1.165) is 18.1 Å². The molecule has 3 N–H and O–H groups in total. The summed E-state index contributed by atoms with van der Waals surface area (Å²) in [5.74, 6) is 0.756. The number of nitrogen functional groups attached to an aromatic ring is 1. The Kier molecular flexibility index (Phi) is 3.28. The topological polar surface area (TPSA) is 50.9 Å². The number of hydrogen-bond acceptors (Lipinski definition) is 3. The van der Waals surface area contributed by atoms with Gasteiger partial charge in [0.1, 0.15) is 5.82 Å². The van der Waals surface area contributed by atoms with Crippen LogP contribution in [-0.2, 0) is 6.54 Å². The van der Waals surface area contributed by atoms with Crippen LogP contribution in [0.25, 0.3) is 0 Å². The van der Waals surface area contributed by atoms with E-state index in [1.807, 2.05) is 19.1 Å². The van der Waals surface area contributed by atoms with Crippen molar-refractivity contribution in [2.75, 3.05) is 11.1 Å². The number of aromatic nitrogens is 1. The lowest BCUT2D eigenvalue weighted by molar-refractivity contribution is 1.09. The van der Waals surface area contributed by atoms with E-state index in [0.29, 0.717) is 5.69 Å². The van der Waals surface area contributed by atoms with Gasteiger partial charge in [0.05, 0.1) is 5.69 Å². The third kappa shape index (κ3) is 2.97. The largest absolute Gasteiger partial charge is 0.396 e. The fraction of sp³-hybridized carbons (Fsp3) is 0.214. The molecule has 2 aromatic rings. The molecular formula is C14H17N3. The average Bonchev–Trinajstić information content (AvgIpc) is 2.30. The normalized spacial score (nSPS) is 10.2. The Morgan fingerprint density at radius 2 is 2.00 bits per heavy atom. The van der Waals surface area contributed by atoms with Crippen molar-refractivity contribution >= 4 is 11.5 Å². The van der Waals surface area contributed by atoms with Gasteiger partial charge in [-0.2, -0.15) is 0 Å². The lowest BCUT2D eigenvalue weighted by Gasteiger charge is -2.09. The molecular weight excluding hydrogens is 210 g/mol. The highest BCUT2D eigenvalue weighted by atomic mass is 15.0. The number of pyridine rings is 1. The van der Waals surface area contributed by atoms with Gasteiger partial charge in [-0.05, 0) is 31.5 Å². The van der Waals surface area contributed by atoms with Crippen LogP contribution in [0.2, 0.25) is 0 Å². The van der Waals surface area contributed by atoms with Crippen molar-refractivity contribution < 1.29 is 0 Å². The third-order valence-corrected chi connectivity index (χ3v) is 2.61. The van der Waals surface area contributed by atoms with Crippen molar-refractivity contribution in [1.82, 2.24) is 4.98 Å². The number of benzene rings is 1. The SMILES string of the molecule is Cc1cccc(CNc2nc(C)ccc2N)c1. The minimum atomic E-state index is 0.684. The maximum Gasteiger partial charge on any atom is 0.149 e. The van der Waals surface area contributed by atoms with Gasteiger partial charge < -0.3 is 11.1 Å². The van der Waals surface area contributed by atoms with Crippen molar-refractivity contribution in [1.29, 1.82) is 0 Å². The quantitative estimate of drug-likeness (QED) is 0.847. The average molecular weight is 227 g/mol. The summed E-state index contributed by atoms with van der Waals surface area (Å²) < 4.78 is 0. The molecule has 0 bridgehead atoms. The second-order valence-corrected chi connectivity index (χ2v) is 4.23. The molecule has 88 valence electrons. The first-order valence-corrected chi connectivity index (χ1v) is 5.68. The molecule has 0 saturated heterocycles. The van der Waals surface area contributed by atoms with Gasteiger partial charge >= 0.3 is 0 Å². The van der Waals surface area contributed by atoms with Crippen LogP contribution in [0.1, 0.15) is 16.8 Å². The molecule has 2 rings (SSSR count). The molecule has 1 heterocycles. The summed E-state index contributed by atoms with van der Waals surface area (Å²) in [7, 11) is 0. The molecule has 0 spiro atoms. The highest BCUT2D eigenvalue weighted by Gasteiger charge is 2.00. The summed E-state index contributed by atoms with van der Waals surface area (Å²) >= 11 is 0. The van der Waals surface area contributed by atoms with E-state index >= 15 is 0 Å². The predicted molar refractivity (Wildman–Crippen MR) is 71.9 cm³/mol. The maximum atomic E-state index is 5.86. The van der Waals surface area contributed by atoms with Crippen LogP contribution in [0.4, 0.5) is 11.5 Å². The van der Waals surface area contributed by atoms with Crippen LogP contribution in [-0.4, -0.2) is 4.98 Å². The van der Waals surface area contributed by atoms with E-state index in [1.54, 1.807) is 0 Å². The van der Waals surface area contributed by atoms with Gasteiger partial charge in [-0.1, -0.05) is 29.8 Å². The molecule has 0 aliphatic carbocycles. The van der Waals surface area contributed by atoms with Gasteiger partial charge in [0.25, 0.3) is 0 Å². The molecule has 17 heavy (non-hydrogen) atoms. The Morgan fingerprint density at radius 3 is 2.76 bits per heavy atom. The number of rotatable bonds is 3. The highest BCUT2D eigenvalue weighted by Crippen LogP contribution is 2.16. The van der Waals surface area contributed by atoms with Crippen molar-refractivity contribution in [3.05, 3.63) is 53.2 Å². The van der Waals surface area contributed by atoms with E-state index in [1.165, 1.54) is 11.1 Å². The molecule has 3 heteroatoms. The zero-order valence-electron chi connectivity index (χ0n) is 10.2. The molecule has 3 nitrogen and oxygen atoms in total. The van der Waals surface area contributed by atoms with Crippen molar-refractivity contribution in [3.63, 3.8) is 0 Å². The van der Waals surface area contributed by atoms with Crippen LogP contribution in [0.3, 0.4) is 0 Å². The smallest absolute Gasteiger partial charge is 0.149 e. The zero-order chi connectivity index (χ0) is 12.3. The molecule has 1 aromatic carbocycles. The van der Waals surface area contributed by atoms with E-state index in [2.05, 4.69) is 41.5 Å². The van der Waals surface area contributed by atoms with E-state index in [9.17, 15) is 0 Å². The van der Waals surface area contributed by atoms with Crippen LogP contribution in [0.5, 0.6) is 0 Å². The number of hydrogen-bond donors (Lipinski definition) is 2. The molecule has 0 radical (unpaired) electrons. The van der Waals surface area contributed by atoms with Crippen molar-refractivity contribution in [2.24, 2.45) is 0 Å². The van der Waals surface area contributed by atoms with Gasteiger partial charge in [-0.15, -0.1) is 0 Å². The standard InChI is InChI=1S/C14H17N3/c1-10-4-3-5-12(8-10)9-16-14-13(15)7-6-11(2)17-14/h3-8H,9,15H2,1-2H3,(H,16,17). The summed E-state index contributed by atoms with van der Waals surface area (Å²) in [5, 5.41) is 3.26. The van der Waals surface area contributed by atoms with Gasteiger partial charge in [-0.25, -0.2) is 4.98 Å². The number of nitrogens with one attached hydrogen (secondary N) is 1. The van der Waals surface area contributed by atoms with Gasteiger partial charge in [0, 0.05) is 12.2 Å². The highest BCUT2D eigenvalue weighted by molar-refractivity contribution is 5.61. The second kappa shape index (κ2) is 4.87. The molecule has 1 aromatic heterocycles. The van der Waals surface area contributed by atoms with Crippen LogP contribution >= 0.6 is 0 Å². The third-order valence-electron chi connectivity index (χ3n) is 2.61. The Labute approximate surface area is 102 Å². The number of aryl methyl sites for hydroxylation is 2. The maximum absolute atomic E-state index is 5.86. The van der Waals surface area contributed by atoms with Gasteiger partial charge in [-0.3, -0.25) is 0 Å². The number of anilines is 2. The first kappa shape index (κ1) is 11.5. The van der Waals surface area contributed by atoms with Crippen molar-refractivity contribution in [3.8, 4) is 0 Å². The molecule has 0 amide bonds. The molecule has 0 aliphatic heterocycles. The number of nitrogens with zero attached hydrogens (tertiary/aromatic N) is 1. The first-order valence-electron chi connectivity index (χ1n) is 5.68. The lowest BCUT2D eigenvalue weighted by atomic mass is 10.1. The zero-order valence-corrected chi connectivity index (χ0v) is 10.2. The summed E-state index contributed by atoms with van der Waals surface area (Å²) in [5.41, 5.74) is 9.99. The molecule has 0 aliphatic rings. The van der Waals surface area contributed by atoms with Gasteiger partial charge in [0.15, 0.2) is 0 Å². The molecule has 0 atom stereocenters. The van der Waals surface area contributed by atoms with E-state index in [-0.39, 0.29) is 0 Å². The Hall–Kier alpha value is -2.03. The summed E-state index contributed by atoms with van der Waals surface area (Å²) in [6.45, 7) is 4.78. The lowest BCUT2D eigenvalue weighted by Crippen LogP contribution is -2.05. The van der Waals surface area contributed by atoms with Gasteiger partial charge in [0.2, 0.25) is 0 Å². The van der Waals surface area contributed by atoms with Crippen LogP contribution in [0.15, 0.2) is 36.4 Å². The van der Waals surface area contributed by atoms with Crippen molar-refractivity contribution in [2.45, 2.75) is 20.4 Å². The molecule has 0 unspecified atom stereocenters. The van der Waals surface area contributed by atoms with Crippen LogP contribution < -0.4 is 11.1 Å². The minimum absolute atomic E-state index is 0.684. The fourth-order valence-corrected chi connectivity index (χ4v) is 1.72. The molecule has 0 saturated carbocycles. The summed E-state index contributed by atoms with van der Waals surface area (Å²) in [6, 6.07) is 12.2. The molecule has 0 fully saturated rings. The second-order valence-electron chi connectivity index (χ2n) is 4.23. The van der Waals surface area contributed by atoms with E-state index < -0.39 is 0 Å². The Morgan fingerprint density at radius 1 is 1.18 bits per heavy atom.